The van der Waals surface area contributed by atoms with Crippen LogP contribution in [-0.2, 0) is 9.59 Å². The number of amides is 3. The molecule has 1 saturated carbocycles. The Morgan fingerprint density at radius 2 is 1.86 bits per heavy atom. The second-order valence-electron chi connectivity index (χ2n) is 6.43. The molecule has 4 atom stereocenters. The van der Waals surface area contributed by atoms with Crippen molar-refractivity contribution in [2.45, 2.75) is 52.6 Å². The van der Waals surface area contributed by atoms with Gasteiger partial charge in [-0.25, -0.2) is 4.79 Å². The monoisotopic (exact) mass is 299 g/mol. The molecule has 120 valence electrons. The maximum atomic E-state index is 11.9. The Balaban J connectivity index is 2.68. The summed E-state index contributed by atoms with van der Waals surface area (Å²) in [5, 5.41) is 14.6. The topological polar surface area (TPSA) is 122 Å². The number of carbonyl (C=O) groups excluding carboxylic acids is 2. The molecule has 4 unspecified atom stereocenters. The van der Waals surface area contributed by atoms with Crippen molar-refractivity contribution in [1.29, 1.82) is 0 Å². The van der Waals surface area contributed by atoms with Crippen molar-refractivity contribution in [3.05, 3.63) is 0 Å². The van der Waals surface area contributed by atoms with Crippen LogP contribution in [0.5, 0.6) is 0 Å². The van der Waals surface area contributed by atoms with E-state index in [1.165, 1.54) is 6.92 Å². The first-order chi connectivity index (χ1) is 9.57. The second kappa shape index (κ2) is 6.32. The van der Waals surface area contributed by atoms with Gasteiger partial charge < -0.3 is 21.5 Å². The van der Waals surface area contributed by atoms with Gasteiger partial charge in [-0.2, -0.15) is 0 Å². The Kier molecular flexibility index (Phi) is 5.20. The molecular weight excluding hydrogens is 274 g/mol. The first kappa shape index (κ1) is 17.3. The summed E-state index contributed by atoms with van der Waals surface area (Å²) in [5.41, 5.74) is 4.67. The number of carbonyl (C=O) groups is 3. The van der Waals surface area contributed by atoms with Crippen LogP contribution in [0.2, 0.25) is 0 Å². The van der Waals surface area contributed by atoms with Gasteiger partial charge in [0, 0.05) is 6.04 Å². The molecule has 0 heterocycles. The van der Waals surface area contributed by atoms with Crippen LogP contribution in [0.1, 0.15) is 40.5 Å². The molecule has 0 aromatic carbocycles. The molecule has 0 aromatic heterocycles. The van der Waals surface area contributed by atoms with Crippen molar-refractivity contribution in [1.82, 2.24) is 10.6 Å². The zero-order chi connectivity index (χ0) is 16.4. The van der Waals surface area contributed by atoms with Gasteiger partial charge in [0.2, 0.25) is 5.91 Å². The van der Waals surface area contributed by atoms with E-state index in [0.717, 1.165) is 0 Å². The molecule has 7 nitrogen and oxygen atoms in total. The first-order valence-corrected chi connectivity index (χ1v) is 7.16. The minimum absolute atomic E-state index is 0.00184. The average molecular weight is 299 g/mol. The lowest BCUT2D eigenvalue weighted by Crippen LogP contribution is -2.56. The Hall–Kier alpha value is -1.79. The van der Waals surface area contributed by atoms with Crippen LogP contribution < -0.4 is 16.4 Å². The van der Waals surface area contributed by atoms with E-state index in [2.05, 4.69) is 10.6 Å². The summed E-state index contributed by atoms with van der Waals surface area (Å²) in [6.07, 6.45) is 1.11. The normalized spacial score (nSPS) is 29.2. The molecule has 0 radical (unpaired) electrons. The fourth-order valence-corrected chi connectivity index (χ4v) is 2.92. The fourth-order valence-electron chi connectivity index (χ4n) is 2.92. The van der Waals surface area contributed by atoms with Gasteiger partial charge in [0.25, 0.3) is 0 Å². The third-order valence-electron chi connectivity index (χ3n) is 4.83. The number of aliphatic carboxylic acids is 1. The molecule has 1 rings (SSSR count). The van der Waals surface area contributed by atoms with Crippen molar-refractivity contribution in [3.63, 3.8) is 0 Å². The highest BCUT2D eigenvalue weighted by atomic mass is 16.4. The Labute approximate surface area is 124 Å². The molecule has 5 N–H and O–H groups in total. The highest BCUT2D eigenvalue weighted by Crippen LogP contribution is 2.45. The van der Waals surface area contributed by atoms with Crippen molar-refractivity contribution < 1.29 is 19.5 Å². The van der Waals surface area contributed by atoms with E-state index in [1.54, 1.807) is 0 Å². The summed E-state index contributed by atoms with van der Waals surface area (Å²) in [7, 11) is 0. The molecular formula is C14H25N3O4. The molecule has 1 aliphatic carbocycles. The molecule has 0 bridgehead atoms. The van der Waals surface area contributed by atoms with E-state index in [-0.39, 0.29) is 12.0 Å². The highest BCUT2D eigenvalue weighted by molar-refractivity contribution is 5.85. The molecule has 0 saturated heterocycles. The Morgan fingerprint density at radius 1 is 1.29 bits per heavy atom. The maximum absolute atomic E-state index is 11.9. The molecule has 0 aromatic rings. The van der Waals surface area contributed by atoms with Crippen molar-refractivity contribution in [3.8, 4) is 0 Å². The van der Waals surface area contributed by atoms with Crippen LogP contribution in [0, 0.1) is 17.3 Å². The Bertz CT molecular complexity index is 436. The smallest absolute Gasteiger partial charge is 0.315 e. The van der Waals surface area contributed by atoms with Crippen LogP contribution in [0.3, 0.4) is 0 Å². The molecule has 1 fully saturated rings. The summed E-state index contributed by atoms with van der Waals surface area (Å²) in [6.45, 7) is 7.27. The van der Waals surface area contributed by atoms with E-state index in [0.29, 0.717) is 12.8 Å². The number of primary amides is 1. The molecule has 7 heteroatoms. The average Bonchev–Trinajstić information content (AvgIpc) is 2.34. The quantitative estimate of drug-likeness (QED) is 0.610. The summed E-state index contributed by atoms with van der Waals surface area (Å²) < 4.78 is 0. The predicted octanol–water partition coefficient (Wildman–Crippen LogP) is 0.685. The SMILES string of the molecule is CC(NC(=O)NC1CCC(C(=O)O)C(C)(C)C1C)C(N)=O. The molecule has 0 spiro atoms. The summed E-state index contributed by atoms with van der Waals surface area (Å²) in [5.74, 6) is -1.81. The number of hydrogen-bond donors (Lipinski definition) is 4. The molecule has 21 heavy (non-hydrogen) atoms. The van der Waals surface area contributed by atoms with Gasteiger partial charge in [-0.3, -0.25) is 9.59 Å². The van der Waals surface area contributed by atoms with E-state index >= 15 is 0 Å². The van der Waals surface area contributed by atoms with Gasteiger partial charge in [-0.05, 0) is 31.1 Å². The minimum atomic E-state index is -0.794. The first-order valence-electron chi connectivity index (χ1n) is 7.16. The van der Waals surface area contributed by atoms with Gasteiger partial charge in [-0.1, -0.05) is 20.8 Å². The fraction of sp³-hybridized carbons (Fsp3) is 0.786. The zero-order valence-corrected chi connectivity index (χ0v) is 13.0. The third-order valence-corrected chi connectivity index (χ3v) is 4.83. The standard InChI is InChI=1S/C14H25N3O4/c1-7-10(17-13(21)16-8(2)11(15)18)6-5-9(12(19)20)14(7,3)4/h7-10H,5-6H2,1-4H3,(H2,15,18)(H,19,20)(H2,16,17,21). The maximum Gasteiger partial charge on any atom is 0.315 e. The van der Waals surface area contributed by atoms with Gasteiger partial charge in [0.05, 0.1) is 5.92 Å². The molecule has 0 aliphatic heterocycles. The lowest BCUT2D eigenvalue weighted by molar-refractivity contribution is -0.150. The molecule has 1 aliphatic rings. The van der Waals surface area contributed by atoms with Gasteiger partial charge >= 0.3 is 12.0 Å². The second-order valence-corrected chi connectivity index (χ2v) is 6.43. The number of carboxylic acid groups (broad SMARTS) is 1. The van der Waals surface area contributed by atoms with Crippen LogP contribution >= 0.6 is 0 Å². The van der Waals surface area contributed by atoms with Crippen molar-refractivity contribution in [2.75, 3.05) is 0 Å². The van der Waals surface area contributed by atoms with Crippen molar-refractivity contribution in [2.24, 2.45) is 23.0 Å². The number of carboxylic acids is 1. The highest BCUT2D eigenvalue weighted by Gasteiger charge is 2.46. The Morgan fingerprint density at radius 3 is 2.33 bits per heavy atom. The minimum Gasteiger partial charge on any atom is -0.481 e. The van der Waals surface area contributed by atoms with Crippen LogP contribution in [0.25, 0.3) is 0 Å². The van der Waals surface area contributed by atoms with Gasteiger partial charge in [0.1, 0.15) is 6.04 Å². The van der Waals surface area contributed by atoms with Crippen LogP contribution in [0.4, 0.5) is 4.79 Å². The number of hydrogen-bond acceptors (Lipinski definition) is 3. The summed E-state index contributed by atoms with van der Waals surface area (Å²) in [4.78, 5) is 34.1. The molecule has 3 amide bonds. The summed E-state index contributed by atoms with van der Waals surface area (Å²) >= 11 is 0. The predicted molar refractivity (Wildman–Crippen MR) is 77.4 cm³/mol. The van der Waals surface area contributed by atoms with Gasteiger partial charge in [-0.15, -0.1) is 0 Å². The number of nitrogens with one attached hydrogen (secondary N) is 2. The van der Waals surface area contributed by atoms with Gasteiger partial charge in [0.15, 0.2) is 0 Å². The largest absolute Gasteiger partial charge is 0.481 e. The number of nitrogens with two attached hydrogens (primary N) is 1. The number of rotatable bonds is 4. The van der Waals surface area contributed by atoms with Crippen LogP contribution in [0.15, 0.2) is 0 Å². The van der Waals surface area contributed by atoms with Crippen molar-refractivity contribution >= 4 is 17.9 Å². The zero-order valence-electron chi connectivity index (χ0n) is 13.0. The lowest BCUT2D eigenvalue weighted by Gasteiger charge is -2.46. The van der Waals surface area contributed by atoms with E-state index in [4.69, 9.17) is 5.73 Å². The van der Waals surface area contributed by atoms with E-state index in [1.807, 2.05) is 20.8 Å². The lowest BCUT2D eigenvalue weighted by atomic mass is 9.61. The summed E-state index contributed by atoms with van der Waals surface area (Å²) in [6, 6.07) is -1.33. The third kappa shape index (κ3) is 3.86. The van der Waals surface area contributed by atoms with Crippen LogP contribution in [-0.4, -0.2) is 35.1 Å². The van der Waals surface area contributed by atoms with E-state index < -0.39 is 35.3 Å². The number of urea groups is 1. The van der Waals surface area contributed by atoms with E-state index in [9.17, 15) is 19.5 Å².